The first-order chi connectivity index (χ1) is 8.41. The number of hydrogen-bond acceptors (Lipinski definition) is 2. The summed E-state index contributed by atoms with van der Waals surface area (Å²) in [5, 5.41) is 8.47. The fourth-order valence-corrected chi connectivity index (χ4v) is 1.77. The normalized spacial score (nSPS) is 11.9. The number of carboxylic acids is 1. The van der Waals surface area contributed by atoms with Gasteiger partial charge in [-0.25, -0.2) is 0 Å². The van der Waals surface area contributed by atoms with Crippen LogP contribution in [-0.4, -0.2) is 16.9 Å². The van der Waals surface area contributed by atoms with Gasteiger partial charge in [0, 0.05) is 19.3 Å². The van der Waals surface area contributed by atoms with Gasteiger partial charge in [0.05, 0.1) is 0 Å². The van der Waals surface area contributed by atoms with E-state index in [4.69, 9.17) is 5.11 Å². The molecule has 0 aromatic carbocycles. The van der Waals surface area contributed by atoms with Gasteiger partial charge in [-0.05, 0) is 45.4 Å². The van der Waals surface area contributed by atoms with Crippen LogP contribution in [0.1, 0.15) is 65.7 Å². The second-order valence-electron chi connectivity index (χ2n) is 5.29. The lowest BCUT2D eigenvalue weighted by molar-refractivity contribution is -0.137. The summed E-state index contributed by atoms with van der Waals surface area (Å²) in [6.07, 6.45) is 6.92. The number of aliphatic carboxylic acids is 1. The standard InChI is InChI=1S/C15H26O3/c1-12(2)6-4-7-13(3)10-11-14(16)8-5-9-15(17)18/h6,13H,4-5,7-11H2,1-3H3,(H,17,18)/t13-/m1/s1. The lowest BCUT2D eigenvalue weighted by Crippen LogP contribution is -2.04. The summed E-state index contributed by atoms with van der Waals surface area (Å²) in [5.41, 5.74) is 1.34. The zero-order valence-electron chi connectivity index (χ0n) is 11.9. The Morgan fingerprint density at radius 3 is 2.33 bits per heavy atom. The Labute approximate surface area is 110 Å². The third kappa shape index (κ3) is 11.4. The summed E-state index contributed by atoms with van der Waals surface area (Å²) >= 11 is 0. The SMILES string of the molecule is CC(C)=CCC[C@@H](C)CCC(=O)CCCC(=O)O. The first kappa shape index (κ1) is 16.9. The summed E-state index contributed by atoms with van der Waals surface area (Å²) in [5.74, 6) is -0.0628. The molecule has 0 amide bonds. The maximum absolute atomic E-state index is 11.5. The van der Waals surface area contributed by atoms with Crippen molar-refractivity contribution >= 4 is 11.8 Å². The first-order valence-corrected chi connectivity index (χ1v) is 6.78. The molecule has 0 heterocycles. The maximum Gasteiger partial charge on any atom is 0.303 e. The van der Waals surface area contributed by atoms with Crippen molar-refractivity contribution in [1.29, 1.82) is 0 Å². The highest BCUT2D eigenvalue weighted by atomic mass is 16.4. The number of carbonyl (C=O) groups excluding carboxylic acids is 1. The predicted molar refractivity (Wildman–Crippen MR) is 73.6 cm³/mol. The Kier molecular flexibility index (Phi) is 9.25. The largest absolute Gasteiger partial charge is 0.481 e. The van der Waals surface area contributed by atoms with Crippen molar-refractivity contribution in [3.63, 3.8) is 0 Å². The van der Waals surface area contributed by atoms with Crippen molar-refractivity contribution in [3.8, 4) is 0 Å². The summed E-state index contributed by atoms with van der Waals surface area (Å²) in [4.78, 5) is 21.8. The zero-order chi connectivity index (χ0) is 14.0. The van der Waals surface area contributed by atoms with Gasteiger partial charge in [0.1, 0.15) is 5.78 Å². The molecule has 0 radical (unpaired) electrons. The molecule has 104 valence electrons. The summed E-state index contributed by atoms with van der Waals surface area (Å²) < 4.78 is 0. The van der Waals surface area contributed by atoms with E-state index in [1.54, 1.807) is 0 Å². The second kappa shape index (κ2) is 9.86. The van der Waals surface area contributed by atoms with Crippen molar-refractivity contribution in [2.45, 2.75) is 65.7 Å². The molecule has 0 aromatic heterocycles. The minimum absolute atomic E-state index is 0.0991. The number of ketones is 1. The van der Waals surface area contributed by atoms with Crippen LogP contribution in [0.25, 0.3) is 0 Å². The monoisotopic (exact) mass is 254 g/mol. The molecule has 0 bridgehead atoms. The van der Waals surface area contributed by atoms with Crippen LogP contribution < -0.4 is 0 Å². The van der Waals surface area contributed by atoms with Crippen LogP contribution in [0.5, 0.6) is 0 Å². The topological polar surface area (TPSA) is 54.4 Å². The van der Waals surface area contributed by atoms with Crippen molar-refractivity contribution in [2.24, 2.45) is 5.92 Å². The van der Waals surface area contributed by atoms with Crippen LogP contribution in [0.15, 0.2) is 11.6 Å². The summed E-state index contributed by atoms with van der Waals surface area (Å²) in [7, 11) is 0. The van der Waals surface area contributed by atoms with Gasteiger partial charge in [-0.2, -0.15) is 0 Å². The molecule has 0 rings (SSSR count). The average molecular weight is 254 g/mol. The Hall–Kier alpha value is -1.12. The smallest absolute Gasteiger partial charge is 0.303 e. The minimum Gasteiger partial charge on any atom is -0.481 e. The molecule has 0 spiro atoms. The van der Waals surface area contributed by atoms with Crippen LogP contribution in [0.2, 0.25) is 0 Å². The molecule has 0 saturated carbocycles. The van der Waals surface area contributed by atoms with Crippen molar-refractivity contribution in [3.05, 3.63) is 11.6 Å². The first-order valence-electron chi connectivity index (χ1n) is 6.78. The van der Waals surface area contributed by atoms with Gasteiger partial charge < -0.3 is 5.11 Å². The second-order valence-corrected chi connectivity index (χ2v) is 5.29. The van der Waals surface area contributed by atoms with Crippen LogP contribution in [0.3, 0.4) is 0 Å². The van der Waals surface area contributed by atoms with Gasteiger partial charge >= 0.3 is 5.97 Å². The number of carboxylic acid groups (broad SMARTS) is 1. The fourth-order valence-electron chi connectivity index (χ4n) is 1.77. The van der Waals surface area contributed by atoms with E-state index in [1.807, 2.05) is 0 Å². The highest BCUT2D eigenvalue weighted by Crippen LogP contribution is 2.15. The molecule has 1 N–H and O–H groups in total. The van der Waals surface area contributed by atoms with E-state index in [9.17, 15) is 9.59 Å². The highest BCUT2D eigenvalue weighted by Gasteiger charge is 2.07. The fraction of sp³-hybridized carbons (Fsp3) is 0.733. The predicted octanol–water partition coefficient (Wildman–Crippen LogP) is 3.97. The van der Waals surface area contributed by atoms with Crippen LogP contribution >= 0.6 is 0 Å². The summed E-state index contributed by atoms with van der Waals surface area (Å²) in [6.45, 7) is 6.36. The quantitative estimate of drug-likeness (QED) is 0.600. The van der Waals surface area contributed by atoms with E-state index in [2.05, 4.69) is 26.8 Å². The lowest BCUT2D eigenvalue weighted by atomic mass is 9.96. The molecule has 3 nitrogen and oxygen atoms in total. The average Bonchev–Trinajstić information content (AvgIpc) is 2.25. The van der Waals surface area contributed by atoms with E-state index in [-0.39, 0.29) is 12.2 Å². The van der Waals surface area contributed by atoms with Gasteiger partial charge in [-0.15, -0.1) is 0 Å². The number of rotatable bonds is 10. The van der Waals surface area contributed by atoms with E-state index in [0.717, 1.165) is 19.3 Å². The molecule has 0 aliphatic heterocycles. The van der Waals surface area contributed by atoms with Crippen LogP contribution in [0.4, 0.5) is 0 Å². The van der Waals surface area contributed by atoms with Crippen molar-refractivity contribution in [1.82, 2.24) is 0 Å². The van der Waals surface area contributed by atoms with Gasteiger partial charge in [0.15, 0.2) is 0 Å². The highest BCUT2D eigenvalue weighted by molar-refractivity contribution is 5.78. The van der Waals surface area contributed by atoms with Crippen molar-refractivity contribution in [2.75, 3.05) is 0 Å². The molecule has 18 heavy (non-hydrogen) atoms. The Morgan fingerprint density at radius 2 is 1.78 bits per heavy atom. The van der Waals surface area contributed by atoms with E-state index in [1.165, 1.54) is 5.57 Å². The number of allylic oxidation sites excluding steroid dienone is 2. The van der Waals surface area contributed by atoms with Gasteiger partial charge in [0.2, 0.25) is 0 Å². The van der Waals surface area contributed by atoms with Gasteiger partial charge in [0.25, 0.3) is 0 Å². The molecule has 0 aliphatic carbocycles. The molecular formula is C15H26O3. The lowest BCUT2D eigenvalue weighted by Gasteiger charge is -2.09. The minimum atomic E-state index is -0.821. The molecule has 0 fully saturated rings. The molecule has 0 unspecified atom stereocenters. The Morgan fingerprint density at radius 1 is 1.11 bits per heavy atom. The Balaban J connectivity index is 3.59. The third-order valence-electron chi connectivity index (χ3n) is 2.97. The van der Waals surface area contributed by atoms with Gasteiger partial charge in [-0.1, -0.05) is 18.6 Å². The zero-order valence-corrected chi connectivity index (χ0v) is 11.9. The van der Waals surface area contributed by atoms with E-state index in [0.29, 0.717) is 25.2 Å². The molecule has 0 aliphatic rings. The van der Waals surface area contributed by atoms with Crippen molar-refractivity contribution < 1.29 is 14.7 Å². The number of Topliss-reactive ketones (excluding diaryl/α,β-unsaturated/α-hetero) is 1. The molecular weight excluding hydrogens is 228 g/mol. The molecule has 0 aromatic rings. The van der Waals surface area contributed by atoms with Crippen LogP contribution in [-0.2, 0) is 9.59 Å². The van der Waals surface area contributed by atoms with Crippen LogP contribution in [0, 0.1) is 5.92 Å². The molecule has 1 atom stereocenters. The third-order valence-corrected chi connectivity index (χ3v) is 2.97. The van der Waals surface area contributed by atoms with Gasteiger partial charge in [-0.3, -0.25) is 9.59 Å². The Bertz CT molecular complexity index is 288. The number of hydrogen-bond donors (Lipinski definition) is 1. The maximum atomic E-state index is 11.5. The van der Waals surface area contributed by atoms with E-state index < -0.39 is 5.97 Å². The number of carbonyl (C=O) groups is 2. The molecule has 3 heteroatoms. The summed E-state index contributed by atoms with van der Waals surface area (Å²) in [6, 6.07) is 0. The molecule has 0 saturated heterocycles. The van der Waals surface area contributed by atoms with E-state index >= 15 is 0 Å².